The number of rotatable bonds is 13. The van der Waals surface area contributed by atoms with Gasteiger partial charge in [0.1, 0.15) is 12.3 Å². The molecule has 0 saturated carbocycles. The summed E-state index contributed by atoms with van der Waals surface area (Å²) in [4.78, 5) is 32.9. The number of halogens is 4. The Balaban J connectivity index is 1.74. The minimum atomic E-state index is -5.16. The summed E-state index contributed by atoms with van der Waals surface area (Å²) in [5.41, 5.74) is -5.77. The summed E-state index contributed by atoms with van der Waals surface area (Å²) in [5, 5.41) is -0.617. The van der Waals surface area contributed by atoms with Crippen molar-refractivity contribution in [2.75, 3.05) is 32.6 Å². The number of aromatic nitrogens is 2. The van der Waals surface area contributed by atoms with Crippen LogP contribution in [0.25, 0.3) is 0 Å². The van der Waals surface area contributed by atoms with Crippen molar-refractivity contribution in [1.29, 1.82) is 0 Å². The average molecular weight is 704 g/mol. The van der Waals surface area contributed by atoms with Crippen LogP contribution in [0.1, 0.15) is 89.2 Å². The van der Waals surface area contributed by atoms with Gasteiger partial charge in [-0.15, -0.1) is 0 Å². The van der Waals surface area contributed by atoms with Crippen LogP contribution in [-0.2, 0) is 29.9 Å². The molecule has 11 heteroatoms. The lowest BCUT2D eigenvalue weighted by atomic mass is 9.82. The Labute approximate surface area is 311 Å². The molecule has 0 N–H and O–H groups in total. The third kappa shape index (κ3) is 8.77. The van der Waals surface area contributed by atoms with Crippen LogP contribution >= 0.6 is 11.8 Å². The molecule has 4 atom stereocenters. The third-order valence-corrected chi connectivity index (χ3v) is 8.41. The van der Waals surface area contributed by atoms with Crippen LogP contribution in [-0.4, -0.2) is 64.0 Å². The summed E-state index contributed by atoms with van der Waals surface area (Å²) in [6.45, 7) is -11.7. The van der Waals surface area contributed by atoms with E-state index in [9.17, 15) is 27.8 Å². The highest BCUT2D eigenvalue weighted by Gasteiger charge is 2.38. The standard InChI is InChI=1S/C37H44F4N4O2S/c1-4-43(5-2)19-20-44(22-26-9-13-28(14-10-26)29-15-18-32(25(3)21-29)37(39,40)41)34(46)23-45-33-8-6-7-31(33)35(47)42-36(45)48-24-27-11-16-30(38)17-12-27/h9,11-13,15-18,25H,4-8,10,14,19-24H2,1-3H3/i4D2,5D2,9D,10D,11D,12D,13D,14D,15D,16D,17D,18D,21D,22D2,23D2. The van der Waals surface area contributed by atoms with Crippen LogP contribution in [0, 0.1) is 11.7 Å². The number of benzene rings is 1. The van der Waals surface area contributed by atoms with Gasteiger partial charge in [-0.05, 0) is 86.2 Å². The van der Waals surface area contributed by atoms with Crippen molar-refractivity contribution in [1.82, 2.24) is 19.4 Å². The van der Waals surface area contributed by atoms with E-state index in [0.29, 0.717) is 21.2 Å². The molecule has 1 heterocycles. The number of hydrogen-bond donors (Lipinski definition) is 0. The third-order valence-electron chi connectivity index (χ3n) is 7.44. The van der Waals surface area contributed by atoms with Gasteiger partial charge in [0.15, 0.2) is 5.16 Å². The SMILES string of the molecule is [2H]C1=C(C2=C([2H])C([2H])=C(C(F)(F)F)C(C)C2[2H])C([2H])C([2H])C(C([2H])([2H])N(CCN(C([2H])([2H])C)C([2H])([2H])C)C(=O)C([2H])([2H])n2c(SCc3c([2H])c([2H])c(F)c([2H])c3[2H])nc(=O)c3c2CCC3)=C1[2H]. The predicted molar refractivity (Wildman–Crippen MR) is 182 cm³/mol. The number of fused-ring (bicyclic) bond motifs is 1. The topological polar surface area (TPSA) is 58.4 Å². The van der Waals surface area contributed by atoms with Crippen LogP contribution in [0.3, 0.4) is 0 Å². The van der Waals surface area contributed by atoms with Crippen molar-refractivity contribution < 1.29 is 48.4 Å². The van der Waals surface area contributed by atoms with Crippen LogP contribution in [0.15, 0.2) is 80.6 Å². The van der Waals surface area contributed by atoms with Crippen molar-refractivity contribution in [3.05, 3.63) is 104 Å². The fourth-order valence-corrected chi connectivity index (χ4v) is 5.88. The van der Waals surface area contributed by atoms with Gasteiger partial charge in [0, 0.05) is 51.8 Å². The first-order valence-corrected chi connectivity index (χ1v) is 15.7. The largest absolute Gasteiger partial charge is 0.412 e. The van der Waals surface area contributed by atoms with Gasteiger partial charge in [0.05, 0.1) is 16.4 Å². The number of carbonyl (C=O) groups is 1. The molecule has 0 radical (unpaired) electrons. The van der Waals surface area contributed by atoms with Gasteiger partial charge in [0.25, 0.3) is 5.56 Å². The predicted octanol–water partition coefficient (Wildman–Crippen LogP) is 7.44. The van der Waals surface area contributed by atoms with Gasteiger partial charge in [-0.2, -0.15) is 18.2 Å². The number of amides is 1. The van der Waals surface area contributed by atoms with Crippen molar-refractivity contribution in [3.63, 3.8) is 0 Å². The molecule has 48 heavy (non-hydrogen) atoms. The first-order chi connectivity index (χ1) is 30.4. The molecular weight excluding hydrogens is 640 g/mol. The Morgan fingerprint density at radius 3 is 2.52 bits per heavy atom. The molecule has 4 unspecified atom stereocenters. The fourth-order valence-electron chi connectivity index (χ4n) is 5.03. The first-order valence-electron chi connectivity index (χ1n) is 24.5. The molecule has 1 aromatic heterocycles. The lowest BCUT2D eigenvalue weighted by molar-refractivity contribution is -0.131. The number of likely N-dealkylation sites (N-methyl/N-ethyl adjacent to an activating group) is 1. The van der Waals surface area contributed by atoms with Gasteiger partial charge in [-0.3, -0.25) is 9.59 Å². The molecule has 1 amide bonds. The fraction of sp³-hybridized carbons (Fsp3) is 0.486. The number of carbonyl (C=O) groups excluding carboxylic acids is 1. The number of allylic oxidation sites excluding steroid dienone is 7. The molecule has 1 aromatic carbocycles. The minimum absolute atomic E-state index is 0.0358. The van der Waals surface area contributed by atoms with Gasteiger partial charge < -0.3 is 14.4 Å². The zero-order chi connectivity index (χ0) is 51.2. The summed E-state index contributed by atoms with van der Waals surface area (Å²) >= 11 is 0.437. The van der Waals surface area contributed by atoms with Crippen molar-refractivity contribution >= 4 is 17.7 Å². The van der Waals surface area contributed by atoms with E-state index >= 15 is 4.79 Å². The summed E-state index contributed by atoms with van der Waals surface area (Å²) < 4.78 is 221. The van der Waals surface area contributed by atoms with E-state index in [-0.39, 0.29) is 35.4 Å². The number of thioether (sulfide) groups is 1. The van der Waals surface area contributed by atoms with E-state index in [0.717, 1.165) is 20.8 Å². The number of hydrogen-bond acceptors (Lipinski definition) is 5. The van der Waals surface area contributed by atoms with E-state index in [2.05, 4.69) is 4.98 Å². The van der Waals surface area contributed by atoms with Crippen molar-refractivity contribution in [2.24, 2.45) is 5.92 Å². The van der Waals surface area contributed by atoms with Crippen LogP contribution in [0.4, 0.5) is 17.6 Å². The Hall–Kier alpha value is -3.44. The Bertz CT molecular complexity index is 2530. The van der Waals surface area contributed by atoms with Crippen molar-refractivity contribution in [2.45, 2.75) is 82.8 Å². The molecule has 0 spiro atoms. The molecule has 3 aliphatic carbocycles. The van der Waals surface area contributed by atoms with Gasteiger partial charge in [-0.1, -0.05) is 74.4 Å². The van der Waals surface area contributed by atoms with Crippen LogP contribution < -0.4 is 5.56 Å². The highest BCUT2D eigenvalue weighted by molar-refractivity contribution is 7.98. The van der Waals surface area contributed by atoms with Crippen molar-refractivity contribution in [3.8, 4) is 0 Å². The molecular formula is C37H44F4N4O2S. The Morgan fingerprint density at radius 2 is 1.81 bits per heavy atom. The van der Waals surface area contributed by atoms with Crippen LogP contribution in [0.2, 0.25) is 0 Å². The van der Waals surface area contributed by atoms with E-state index < -0.39 is 175 Å². The summed E-state index contributed by atoms with van der Waals surface area (Å²) in [6.07, 6.45) is -11.7. The Kier molecular flexibility index (Phi) is 6.12. The maximum Gasteiger partial charge on any atom is 0.412 e. The van der Waals surface area contributed by atoms with Gasteiger partial charge in [0.2, 0.25) is 5.91 Å². The highest BCUT2D eigenvalue weighted by atomic mass is 32.2. The molecule has 258 valence electrons. The molecule has 0 saturated heterocycles. The normalized spacial score (nSPS) is 30.2. The second-order valence-electron chi connectivity index (χ2n) is 10.6. The molecule has 5 rings (SSSR count). The second kappa shape index (κ2) is 15.8. The smallest absolute Gasteiger partial charge is 0.336 e. The Morgan fingerprint density at radius 1 is 1.08 bits per heavy atom. The highest BCUT2D eigenvalue weighted by Crippen LogP contribution is 2.40. The molecule has 2 aromatic rings. The quantitative estimate of drug-likeness (QED) is 0.123. The lowest BCUT2D eigenvalue weighted by Crippen LogP contribution is -2.42. The zero-order valence-electron chi connectivity index (χ0n) is 45.1. The van der Waals surface area contributed by atoms with E-state index in [1.54, 1.807) is 0 Å². The van der Waals surface area contributed by atoms with Crippen LogP contribution in [0.5, 0.6) is 0 Å². The van der Waals surface area contributed by atoms with Gasteiger partial charge in [-0.25, -0.2) is 4.39 Å². The molecule has 0 aliphatic heterocycles. The molecule has 6 nitrogen and oxygen atoms in total. The maximum absolute atomic E-state index is 15.1. The second-order valence-corrected chi connectivity index (χ2v) is 11.6. The summed E-state index contributed by atoms with van der Waals surface area (Å²) in [5.74, 6) is -5.81. The van der Waals surface area contributed by atoms with E-state index in [4.69, 9.17) is 20.6 Å². The number of alkyl halides is 3. The zero-order valence-corrected chi connectivity index (χ0v) is 26.9. The molecule has 3 aliphatic rings. The van der Waals surface area contributed by atoms with Gasteiger partial charge >= 0.3 is 6.18 Å². The summed E-state index contributed by atoms with van der Waals surface area (Å²) in [6, 6.07) is -8.76. The lowest BCUT2D eigenvalue weighted by Gasteiger charge is -2.30. The first kappa shape index (κ1) is 18.5. The monoisotopic (exact) mass is 703 g/mol. The van der Waals surface area contributed by atoms with E-state index in [1.807, 2.05) is 0 Å². The minimum Gasteiger partial charge on any atom is -0.336 e. The maximum atomic E-state index is 15.1. The summed E-state index contributed by atoms with van der Waals surface area (Å²) in [7, 11) is 0. The average Bonchev–Trinajstić information content (AvgIpc) is 3.69. The van der Waals surface area contributed by atoms with E-state index in [1.165, 1.54) is 0 Å². The number of nitrogens with zero attached hydrogens (tertiary/aromatic N) is 4. The molecule has 0 fully saturated rings. The molecule has 0 bridgehead atoms.